The van der Waals surface area contributed by atoms with Gasteiger partial charge in [-0.25, -0.2) is 0 Å². The molecule has 1 aliphatic heterocycles. The SMILES string of the molecule is CC(O)(CCN1CCCCCC1)c1ccc(-c2ccccc2Cl)cc1. The summed E-state index contributed by atoms with van der Waals surface area (Å²) in [6, 6.07) is 16.0. The maximum absolute atomic E-state index is 11.0. The number of aliphatic hydroxyl groups is 1. The van der Waals surface area contributed by atoms with Gasteiger partial charge in [0.25, 0.3) is 0 Å². The second kappa shape index (κ2) is 8.35. The lowest BCUT2D eigenvalue weighted by Crippen LogP contribution is -2.32. The highest BCUT2D eigenvalue weighted by Gasteiger charge is 2.24. The van der Waals surface area contributed by atoms with Crippen LogP contribution in [0.4, 0.5) is 0 Å². The first-order valence-corrected chi connectivity index (χ1v) is 9.74. The molecule has 0 saturated carbocycles. The molecule has 25 heavy (non-hydrogen) atoms. The van der Waals surface area contributed by atoms with E-state index < -0.39 is 5.60 Å². The highest BCUT2D eigenvalue weighted by Crippen LogP contribution is 2.31. The van der Waals surface area contributed by atoms with Gasteiger partial charge in [0.05, 0.1) is 5.60 Å². The fraction of sp³-hybridized carbons (Fsp3) is 0.455. The third-order valence-electron chi connectivity index (χ3n) is 5.31. The standard InChI is InChI=1S/C22H28ClNO/c1-22(25,14-17-24-15-6-2-3-7-16-24)19-12-10-18(11-13-19)20-8-4-5-9-21(20)23/h4-5,8-13,25H,2-3,6-7,14-17H2,1H3. The Morgan fingerprint density at radius 3 is 2.24 bits per heavy atom. The highest BCUT2D eigenvalue weighted by atomic mass is 35.5. The van der Waals surface area contributed by atoms with Crippen molar-refractivity contribution in [3.05, 3.63) is 59.1 Å². The number of likely N-dealkylation sites (tertiary alicyclic amines) is 1. The third kappa shape index (κ3) is 4.84. The van der Waals surface area contributed by atoms with Gasteiger partial charge in [0.2, 0.25) is 0 Å². The van der Waals surface area contributed by atoms with E-state index in [0.29, 0.717) is 0 Å². The molecule has 2 aromatic carbocycles. The van der Waals surface area contributed by atoms with E-state index >= 15 is 0 Å². The van der Waals surface area contributed by atoms with Gasteiger partial charge < -0.3 is 10.0 Å². The topological polar surface area (TPSA) is 23.5 Å². The average molecular weight is 358 g/mol. The number of benzene rings is 2. The van der Waals surface area contributed by atoms with Crippen LogP contribution in [0.15, 0.2) is 48.5 Å². The van der Waals surface area contributed by atoms with Gasteiger partial charge >= 0.3 is 0 Å². The Morgan fingerprint density at radius 1 is 0.960 bits per heavy atom. The molecule has 0 aromatic heterocycles. The number of rotatable bonds is 5. The van der Waals surface area contributed by atoms with Crippen molar-refractivity contribution < 1.29 is 5.11 Å². The van der Waals surface area contributed by atoms with Gasteiger partial charge in [-0.15, -0.1) is 0 Å². The van der Waals surface area contributed by atoms with E-state index in [1.807, 2.05) is 43.3 Å². The van der Waals surface area contributed by atoms with Crippen LogP contribution >= 0.6 is 11.6 Å². The molecule has 0 aliphatic carbocycles. The lowest BCUT2D eigenvalue weighted by atomic mass is 9.90. The summed E-state index contributed by atoms with van der Waals surface area (Å²) >= 11 is 6.28. The van der Waals surface area contributed by atoms with Crippen molar-refractivity contribution in [2.75, 3.05) is 19.6 Å². The summed E-state index contributed by atoms with van der Waals surface area (Å²) in [5.41, 5.74) is 2.28. The van der Waals surface area contributed by atoms with Crippen LogP contribution in [0.2, 0.25) is 5.02 Å². The summed E-state index contributed by atoms with van der Waals surface area (Å²) < 4.78 is 0. The van der Waals surface area contributed by atoms with Crippen molar-refractivity contribution in [1.29, 1.82) is 0 Å². The minimum Gasteiger partial charge on any atom is -0.385 e. The van der Waals surface area contributed by atoms with Crippen molar-refractivity contribution in [3.63, 3.8) is 0 Å². The van der Waals surface area contributed by atoms with Crippen molar-refractivity contribution in [2.24, 2.45) is 0 Å². The van der Waals surface area contributed by atoms with E-state index in [1.165, 1.54) is 38.8 Å². The highest BCUT2D eigenvalue weighted by molar-refractivity contribution is 6.33. The molecule has 1 aliphatic rings. The molecular formula is C22H28ClNO. The van der Waals surface area contributed by atoms with Gasteiger partial charge in [-0.1, -0.05) is 66.9 Å². The second-order valence-electron chi connectivity index (χ2n) is 7.34. The zero-order chi connectivity index (χ0) is 17.7. The first-order valence-electron chi connectivity index (χ1n) is 9.36. The Morgan fingerprint density at radius 2 is 1.60 bits per heavy atom. The van der Waals surface area contributed by atoms with Crippen molar-refractivity contribution in [1.82, 2.24) is 4.90 Å². The molecule has 1 N–H and O–H groups in total. The number of nitrogens with zero attached hydrogens (tertiary/aromatic N) is 1. The molecule has 1 heterocycles. The van der Waals surface area contributed by atoms with Crippen LogP contribution in [0.25, 0.3) is 11.1 Å². The summed E-state index contributed by atoms with van der Waals surface area (Å²) in [4.78, 5) is 2.50. The Bertz CT molecular complexity index is 673. The Labute approximate surface area is 156 Å². The van der Waals surface area contributed by atoms with Gasteiger partial charge in [0.15, 0.2) is 0 Å². The van der Waals surface area contributed by atoms with E-state index in [0.717, 1.165) is 34.7 Å². The maximum Gasteiger partial charge on any atom is 0.0880 e. The minimum atomic E-state index is -0.800. The lowest BCUT2D eigenvalue weighted by molar-refractivity contribution is 0.0362. The molecule has 3 heteroatoms. The number of hydrogen-bond donors (Lipinski definition) is 1. The van der Waals surface area contributed by atoms with E-state index in [4.69, 9.17) is 11.6 Å². The van der Waals surface area contributed by atoms with Gasteiger partial charge in [-0.3, -0.25) is 0 Å². The molecule has 0 amide bonds. The fourth-order valence-electron chi connectivity index (χ4n) is 3.58. The van der Waals surface area contributed by atoms with Gasteiger partial charge in [0.1, 0.15) is 0 Å². The molecule has 1 atom stereocenters. The summed E-state index contributed by atoms with van der Waals surface area (Å²) in [6.45, 7) is 5.22. The minimum absolute atomic E-state index is 0.753. The lowest BCUT2D eigenvalue weighted by Gasteiger charge is -2.28. The molecule has 1 saturated heterocycles. The molecule has 2 nitrogen and oxygen atoms in total. The monoisotopic (exact) mass is 357 g/mol. The number of hydrogen-bond acceptors (Lipinski definition) is 2. The van der Waals surface area contributed by atoms with Gasteiger partial charge in [-0.2, -0.15) is 0 Å². The normalized spacial score (nSPS) is 18.5. The van der Waals surface area contributed by atoms with Crippen LogP contribution in [0.5, 0.6) is 0 Å². The Kier molecular flexibility index (Phi) is 6.16. The van der Waals surface area contributed by atoms with Crippen LogP contribution in [-0.4, -0.2) is 29.6 Å². The molecule has 2 aromatic rings. The zero-order valence-corrected chi connectivity index (χ0v) is 15.8. The van der Waals surface area contributed by atoms with E-state index in [9.17, 15) is 5.11 Å². The first-order chi connectivity index (χ1) is 12.1. The molecule has 0 spiro atoms. The molecule has 134 valence electrons. The van der Waals surface area contributed by atoms with Gasteiger partial charge in [-0.05, 0) is 56.5 Å². The van der Waals surface area contributed by atoms with E-state index in [1.54, 1.807) is 0 Å². The number of halogens is 1. The second-order valence-corrected chi connectivity index (χ2v) is 7.74. The first kappa shape index (κ1) is 18.4. The third-order valence-corrected chi connectivity index (χ3v) is 5.63. The summed E-state index contributed by atoms with van der Waals surface area (Å²) in [5.74, 6) is 0. The molecule has 0 radical (unpaired) electrons. The average Bonchev–Trinajstić information content (AvgIpc) is 2.89. The molecule has 1 fully saturated rings. The molecular weight excluding hydrogens is 330 g/mol. The van der Waals surface area contributed by atoms with Crippen molar-refractivity contribution >= 4 is 11.6 Å². The quantitative estimate of drug-likeness (QED) is 0.765. The Balaban J connectivity index is 1.66. The van der Waals surface area contributed by atoms with E-state index in [2.05, 4.69) is 17.0 Å². The Hall–Kier alpha value is -1.35. The van der Waals surface area contributed by atoms with Crippen molar-refractivity contribution in [2.45, 2.75) is 44.6 Å². The zero-order valence-electron chi connectivity index (χ0n) is 15.0. The predicted octanol–water partition coefficient (Wildman–Crippen LogP) is 5.48. The van der Waals surface area contributed by atoms with Crippen molar-refractivity contribution in [3.8, 4) is 11.1 Å². The van der Waals surface area contributed by atoms with E-state index in [-0.39, 0.29) is 0 Å². The maximum atomic E-state index is 11.0. The predicted molar refractivity (Wildman–Crippen MR) is 106 cm³/mol. The summed E-state index contributed by atoms with van der Waals surface area (Å²) in [6.07, 6.45) is 6.02. The van der Waals surface area contributed by atoms with Crippen LogP contribution in [0.3, 0.4) is 0 Å². The smallest absolute Gasteiger partial charge is 0.0880 e. The van der Waals surface area contributed by atoms with Crippen LogP contribution in [0.1, 0.15) is 44.6 Å². The van der Waals surface area contributed by atoms with Crippen LogP contribution in [0, 0.1) is 0 Å². The van der Waals surface area contributed by atoms with Gasteiger partial charge in [0, 0.05) is 17.1 Å². The molecule has 3 rings (SSSR count). The fourth-order valence-corrected chi connectivity index (χ4v) is 3.83. The summed E-state index contributed by atoms with van der Waals surface area (Å²) in [5, 5.41) is 11.7. The largest absolute Gasteiger partial charge is 0.385 e. The van der Waals surface area contributed by atoms with Crippen LogP contribution < -0.4 is 0 Å². The molecule has 0 bridgehead atoms. The molecule has 1 unspecified atom stereocenters. The van der Waals surface area contributed by atoms with Crippen LogP contribution in [-0.2, 0) is 5.60 Å². The summed E-state index contributed by atoms with van der Waals surface area (Å²) in [7, 11) is 0.